The fourth-order valence-electron chi connectivity index (χ4n) is 3.23. The van der Waals surface area contributed by atoms with Crippen LogP contribution in [0.4, 0.5) is 0 Å². The molecule has 2 rings (SSSR count). The Labute approximate surface area is 174 Å². The van der Waals surface area contributed by atoms with Gasteiger partial charge in [-0.3, -0.25) is 0 Å². The quantitative estimate of drug-likeness (QED) is 0.423. The molecule has 6 heteroatoms. The monoisotopic (exact) mass is 406 g/mol. The van der Waals surface area contributed by atoms with Gasteiger partial charge in [-0.2, -0.15) is 0 Å². The fourth-order valence-corrected chi connectivity index (χ4v) is 3.23. The summed E-state index contributed by atoms with van der Waals surface area (Å²) in [7, 11) is 1.56. The second-order valence-electron chi connectivity index (χ2n) is 7.59. The van der Waals surface area contributed by atoms with Gasteiger partial charge in [0.05, 0.1) is 18.8 Å². The summed E-state index contributed by atoms with van der Waals surface area (Å²) in [6.07, 6.45) is 3.99. The molecule has 162 valence electrons. The van der Waals surface area contributed by atoms with Gasteiger partial charge in [-0.15, -0.1) is 6.58 Å². The van der Waals surface area contributed by atoms with Gasteiger partial charge < -0.3 is 28.8 Å². The molecule has 0 aromatic heterocycles. The molecule has 6 nitrogen and oxygen atoms in total. The first kappa shape index (κ1) is 23.7. The Morgan fingerprint density at radius 3 is 2.45 bits per heavy atom. The predicted octanol–water partition coefficient (Wildman–Crippen LogP) is 3.59. The number of aliphatic hydroxyl groups is 1. The summed E-state index contributed by atoms with van der Waals surface area (Å²) in [5, 5.41) is 10.1. The average Bonchev–Trinajstić information content (AvgIpc) is 3.02. The van der Waals surface area contributed by atoms with E-state index in [9.17, 15) is 5.11 Å². The highest BCUT2D eigenvalue weighted by molar-refractivity contribution is 5.13. The van der Waals surface area contributed by atoms with E-state index in [-0.39, 0.29) is 12.9 Å². The van der Waals surface area contributed by atoms with Crippen LogP contribution in [-0.4, -0.2) is 55.3 Å². The summed E-state index contributed by atoms with van der Waals surface area (Å²) in [6, 6.07) is 10.0. The van der Waals surface area contributed by atoms with Gasteiger partial charge in [0.15, 0.2) is 5.79 Å². The summed E-state index contributed by atoms with van der Waals surface area (Å²) in [5.41, 5.74) is 1.10. The maximum atomic E-state index is 10.1. The van der Waals surface area contributed by atoms with Crippen LogP contribution < -0.4 is 0 Å². The zero-order chi connectivity index (χ0) is 21.3. The zero-order valence-electron chi connectivity index (χ0n) is 17.8. The lowest BCUT2D eigenvalue weighted by molar-refractivity contribution is -0.165. The van der Waals surface area contributed by atoms with Gasteiger partial charge in [-0.25, -0.2) is 0 Å². The molecule has 0 radical (unpaired) electrons. The van der Waals surface area contributed by atoms with E-state index in [0.29, 0.717) is 13.0 Å². The minimum absolute atomic E-state index is 0.0961. The van der Waals surface area contributed by atoms with Gasteiger partial charge in [0, 0.05) is 7.11 Å². The van der Waals surface area contributed by atoms with Gasteiger partial charge >= 0.3 is 0 Å². The Hall–Kier alpha value is -1.54. The maximum Gasteiger partial charge on any atom is 0.164 e. The highest BCUT2D eigenvalue weighted by Crippen LogP contribution is 2.33. The summed E-state index contributed by atoms with van der Waals surface area (Å²) >= 11 is 0. The van der Waals surface area contributed by atoms with E-state index in [1.54, 1.807) is 14.0 Å². The molecule has 0 saturated carbocycles. The van der Waals surface area contributed by atoms with Crippen molar-refractivity contribution in [3.05, 3.63) is 60.7 Å². The molecule has 1 aromatic rings. The molecule has 1 aliphatic heterocycles. The number of methoxy groups -OCH3 is 1. The second-order valence-corrected chi connectivity index (χ2v) is 7.59. The van der Waals surface area contributed by atoms with Crippen LogP contribution >= 0.6 is 0 Å². The highest BCUT2D eigenvalue weighted by Gasteiger charge is 2.47. The number of benzene rings is 1. The minimum Gasteiger partial charge on any atom is -0.391 e. The van der Waals surface area contributed by atoms with Crippen molar-refractivity contribution in [1.82, 2.24) is 0 Å². The Morgan fingerprint density at radius 1 is 1.14 bits per heavy atom. The van der Waals surface area contributed by atoms with Gasteiger partial charge in [0.2, 0.25) is 0 Å². The number of aliphatic hydroxyl groups excluding tert-OH is 1. The van der Waals surface area contributed by atoms with E-state index in [2.05, 4.69) is 6.58 Å². The van der Waals surface area contributed by atoms with Crippen LogP contribution in [0.3, 0.4) is 0 Å². The van der Waals surface area contributed by atoms with Crippen molar-refractivity contribution in [1.29, 1.82) is 0 Å². The average molecular weight is 407 g/mol. The molecule has 0 bridgehead atoms. The molecule has 1 aliphatic rings. The highest BCUT2D eigenvalue weighted by atomic mass is 16.8. The van der Waals surface area contributed by atoms with Crippen molar-refractivity contribution in [3.8, 4) is 0 Å². The van der Waals surface area contributed by atoms with Crippen LogP contribution in [0.1, 0.15) is 32.8 Å². The molecule has 0 aliphatic carbocycles. The first-order valence-corrected chi connectivity index (χ1v) is 9.95. The SMILES string of the molecule is C=CC[C@@H](/C=C/[C@H](OCOC)[C@H]1OC(C)(C)O[C@@H]1[C@H](C)O)OCc1ccccc1. The van der Waals surface area contributed by atoms with Crippen LogP contribution in [-0.2, 0) is 30.3 Å². The van der Waals surface area contributed by atoms with Crippen molar-refractivity contribution < 1.29 is 28.8 Å². The number of hydrogen-bond donors (Lipinski definition) is 1. The molecule has 1 N–H and O–H groups in total. The largest absolute Gasteiger partial charge is 0.391 e. The molecular weight excluding hydrogens is 372 g/mol. The normalized spacial score (nSPS) is 24.4. The first-order valence-electron chi connectivity index (χ1n) is 9.95. The molecule has 1 heterocycles. The van der Waals surface area contributed by atoms with E-state index in [0.717, 1.165) is 5.56 Å². The maximum absolute atomic E-state index is 10.1. The number of ether oxygens (including phenoxy) is 5. The van der Waals surface area contributed by atoms with Gasteiger partial charge in [0.1, 0.15) is 25.1 Å². The fraction of sp³-hybridized carbons (Fsp3) is 0.565. The predicted molar refractivity (Wildman–Crippen MR) is 111 cm³/mol. The molecule has 1 aromatic carbocycles. The molecule has 0 spiro atoms. The minimum atomic E-state index is -0.806. The van der Waals surface area contributed by atoms with Crippen LogP contribution in [0.15, 0.2) is 55.1 Å². The third-order valence-electron chi connectivity index (χ3n) is 4.56. The van der Waals surface area contributed by atoms with E-state index in [1.807, 2.05) is 62.4 Å². The van der Waals surface area contributed by atoms with E-state index >= 15 is 0 Å². The van der Waals surface area contributed by atoms with Crippen LogP contribution in [0.5, 0.6) is 0 Å². The molecule has 29 heavy (non-hydrogen) atoms. The van der Waals surface area contributed by atoms with Crippen molar-refractivity contribution >= 4 is 0 Å². The Kier molecular flexibility index (Phi) is 9.49. The molecule has 0 amide bonds. The topological polar surface area (TPSA) is 66.4 Å². The van der Waals surface area contributed by atoms with Gasteiger partial charge in [-0.1, -0.05) is 48.6 Å². The summed E-state index contributed by atoms with van der Waals surface area (Å²) in [6.45, 7) is 9.75. The van der Waals surface area contributed by atoms with E-state index in [4.69, 9.17) is 23.7 Å². The van der Waals surface area contributed by atoms with Crippen LogP contribution in [0, 0.1) is 0 Å². The summed E-state index contributed by atoms with van der Waals surface area (Å²) in [5.74, 6) is -0.806. The number of rotatable bonds is 12. The standard InChI is InChI=1S/C23H34O6/c1-6-10-19(26-15-18-11-8-7-9-12-18)13-14-20(27-16-25-5)22-21(17(2)24)28-23(3,4)29-22/h6-9,11-14,17,19-22,24H,1,10,15-16H2,2-5H3/b14-13+/t17-,19-,20-,21+,22+/m0/s1. The van der Waals surface area contributed by atoms with Crippen LogP contribution in [0.25, 0.3) is 0 Å². The van der Waals surface area contributed by atoms with Crippen molar-refractivity contribution in [3.63, 3.8) is 0 Å². The zero-order valence-corrected chi connectivity index (χ0v) is 17.8. The van der Waals surface area contributed by atoms with E-state index in [1.165, 1.54) is 0 Å². The molecular formula is C23H34O6. The third-order valence-corrected chi connectivity index (χ3v) is 4.56. The Bertz CT molecular complexity index is 628. The molecule has 1 saturated heterocycles. The van der Waals surface area contributed by atoms with Crippen LogP contribution in [0.2, 0.25) is 0 Å². The lowest BCUT2D eigenvalue weighted by Crippen LogP contribution is -2.42. The van der Waals surface area contributed by atoms with Crippen molar-refractivity contribution in [2.75, 3.05) is 13.9 Å². The third kappa shape index (κ3) is 7.66. The smallest absolute Gasteiger partial charge is 0.164 e. The lowest BCUT2D eigenvalue weighted by Gasteiger charge is -2.26. The van der Waals surface area contributed by atoms with Gasteiger partial charge in [-0.05, 0) is 32.8 Å². The van der Waals surface area contributed by atoms with Gasteiger partial charge in [0.25, 0.3) is 0 Å². The summed E-state index contributed by atoms with van der Waals surface area (Å²) in [4.78, 5) is 0. The Balaban J connectivity index is 2.10. The van der Waals surface area contributed by atoms with Crippen molar-refractivity contribution in [2.24, 2.45) is 0 Å². The van der Waals surface area contributed by atoms with Crippen molar-refractivity contribution in [2.45, 2.75) is 70.1 Å². The molecule has 5 atom stereocenters. The summed E-state index contributed by atoms with van der Waals surface area (Å²) < 4.78 is 28.8. The molecule has 1 fully saturated rings. The van der Waals surface area contributed by atoms with E-state index < -0.39 is 30.2 Å². The molecule has 0 unspecified atom stereocenters. The number of hydrogen-bond acceptors (Lipinski definition) is 6. The Morgan fingerprint density at radius 2 is 1.83 bits per heavy atom. The lowest BCUT2D eigenvalue weighted by atomic mass is 10.0. The first-order chi connectivity index (χ1) is 13.9. The second kappa shape index (κ2) is 11.6.